The third-order valence-electron chi connectivity index (χ3n) is 2.63. The van der Waals surface area contributed by atoms with E-state index in [0.717, 1.165) is 17.7 Å². The van der Waals surface area contributed by atoms with Crippen LogP contribution in [0.25, 0.3) is 0 Å². The van der Waals surface area contributed by atoms with Crippen LogP contribution < -0.4 is 4.74 Å². The summed E-state index contributed by atoms with van der Waals surface area (Å²) in [6.45, 7) is 4.09. The fourth-order valence-corrected chi connectivity index (χ4v) is 1.67. The maximum absolute atomic E-state index is 10.9. The molecule has 0 aliphatic heterocycles. The van der Waals surface area contributed by atoms with Gasteiger partial charge in [-0.15, -0.1) is 0 Å². The molecule has 0 aromatic heterocycles. The van der Waals surface area contributed by atoms with Gasteiger partial charge in [0.1, 0.15) is 5.75 Å². The number of carboxylic acids is 1. The molecule has 92 valence electrons. The van der Waals surface area contributed by atoms with Crippen molar-refractivity contribution in [3.63, 3.8) is 0 Å². The van der Waals surface area contributed by atoms with E-state index < -0.39 is 5.97 Å². The van der Waals surface area contributed by atoms with Crippen molar-refractivity contribution in [2.24, 2.45) is 0 Å². The van der Waals surface area contributed by atoms with Gasteiger partial charge in [-0.2, -0.15) is 0 Å². The van der Waals surface area contributed by atoms with Gasteiger partial charge in [0.15, 0.2) is 0 Å². The van der Waals surface area contributed by atoms with Gasteiger partial charge in [-0.3, -0.25) is 0 Å². The number of rotatable bonds is 5. The normalized spacial score (nSPS) is 12.6. The van der Waals surface area contributed by atoms with Crippen LogP contribution in [0.4, 0.5) is 0 Å². The van der Waals surface area contributed by atoms with E-state index in [9.17, 15) is 4.79 Å². The van der Waals surface area contributed by atoms with Gasteiger partial charge in [-0.25, -0.2) is 4.79 Å². The molecule has 0 aliphatic carbocycles. The van der Waals surface area contributed by atoms with Crippen LogP contribution >= 0.6 is 0 Å². The van der Waals surface area contributed by atoms with Crippen LogP contribution in [0.15, 0.2) is 30.4 Å². The number of hydrogen-bond acceptors (Lipinski definition) is 2. The maximum Gasteiger partial charge on any atom is 0.335 e. The van der Waals surface area contributed by atoms with Crippen LogP contribution in [-0.2, 0) is 0 Å². The van der Waals surface area contributed by atoms with Gasteiger partial charge in [0.2, 0.25) is 0 Å². The zero-order chi connectivity index (χ0) is 12.8. The van der Waals surface area contributed by atoms with Crippen LogP contribution in [0.5, 0.6) is 5.75 Å². The predicted molar refractivity (Wildman–Crippen MR) is 67.8 cm³/mol. The van der Waals surface area contributed by atoms with E-state index >= 15 is 0 Å². The summed E-state index contributed by atoms with van der Waals surface area (Å²) in [6, 6.07) is 4.93. The van der Waals surface area contributed by atoms with Crippen molar-refractivity contribution in [2.75, 3.05) is 7.11 Å². The number of carboxylic acid groups (broad SMARTS) is 1. The number of carbonyl (C=O) groups is 1. The van der Waals surface area contributed by atoms with E-state index in [4.69, 9.17) is 9.84 Å². The van der Waals surface area contributed by atoms with Gasteiger partial charge in [0.25, 0.3) is 0 Å². The average molecular weight is 234 g/mol. The summed E-state index contributed by atoms with van der Waals surface area (Å²) in [5.74, 6) is -0.0481. The highest BCUT2D eigenvalue weighted by Gasteiger charge is 2.12. The smallest absolute Gasteiger partial charge is 0.335 e. The van der Waals surface area contributed by atoms with Gasteiger partial charge in [0, 0.05) is 11.5 Å². The third kappa shape index (κ3) is 3.34. The SMILES string of the molecule is CC/C=C\[C@H](C)c1cc(C(=O)O)ccc1OC. The number of methoxy groups -OCH3 is 1. The molecule has 17 heavy (non-hydrogen) atoms. The van der Waals surface area contributed by atoms with Gasteiger partial charge in [-0.05, 0) is 24.6 Å². The zero-order valence-corrected chi connectivity index (χ0v) is 10.4. The molecule has 0 heterocycles. The minimum absolute atomic E-state index is 0.143. The quantitative estimate of drug-likeness (QED) is 0.793. The average Bonchev–Trinajstić information content (AvgIpc) is 2.34. The van der Waals surface area contributed by atoms with Gasteiger partial charge in [0.05, 0.1) is 12.7 Å². The topological polar surface area (TPSA) is 46.5 Å². The second-order valence-electron chi connectivity index (χ2n) is 3.89. The van der Waals surface area contributed by atoms with E-state index in [1.165, 1.54) is 0 Å². The molecule has 0 aliphatic rings. The standard InChI is InChI=1S/C14H18O3/c1-4-5-6-10(2)12-9-11(14(15)16)7-8-13(12)17-3/h5-10H,4H2,1-3H3,(H,15,16)/b6-5-/t10-/m0/s1. The summed E-state index contributed by atoms with van der Waals surface area (Å²) >= 11 is 0. The molecule has 0 unspecified atom stereocenters. The Balaban J connectivity index is 3.13. The number of aromatic carboxylic acids is 1. The lowest BCUT2D eigenvalue weighted by atomic mass is 9.97. The van der Waals surface area contributed by atoms with Crippen molar-refractivity contribution in [1.29, 1.82) is 0 Å². The van der Waals surface area contributed by atoms with Gasteiger partial charge in [-0.1, -0.05) is 26.0 Å². The molecule has 3 nitrogen and oxygen atoms in total. The first kappa shape index (κ1) is 13.3. The molecule has 0 radical (unpaired) electrons. The minimum Gasteiger partial charge on any atom is -0.496 e. The van der Waals surface area contributed by atoms with Crippen molar-refractivity contribution in [3.8, 4) is 5.75 Å². The van der Waals surface area contributed by atoms with E-state index in [-0.39, 0.29) is 11.5 Å². The third-order valence-corrected chi connectivity index (χ3v) is 2.63. The molecule has 0 saturated carbocycles. The first-order valence-electron chi connectivity index (χ1n) is 5.68. The molecule has 0 bridgehead atoms. The molecule has 1 rings (SSSR count). The molecule has 0 amide bonds. The molecule has 1 aromatic rings. The zero-order valence-electron chi connectivity index (χ0n) is 10.4. The highest BCUT2D eigenvalue weighted by Crippen LogP contribution is 2.28. The summed E-state index contributed by atoms with van der Waals surface area (Å²) in [7, 11) is 1.59. The fraction of sp³-hybridized carbons (Fsp3) is 0.357. The first-order chi connectivity index (χ1) is 8.10. The summed E-state index contributed by atoms with van der Waals surface area (Å²) in [4.78, 5) is 10.9. The van der Waals surface area contributed by atoms with Crippen molar-refractivity contribution in [1.82, 2.24) is 0 Å². The van der Waals surface area contributed by atoms with Crippen LogP contribution in [0.2, 0.25) is 0 Å². The molecular weight excluding hydrogens is 216 g/mol. The summed E-state index contributed by atoms with van der Waals surface area (Å²) in [5, 5.41) is 8.97. The molecule has 0 saturated heterocycles. The molecule has 3 heteroatoms. The number of hydrogen-bond donors (Lipinski definition) is 1. The van der Waals surface area contributed by atoms with Crippen LogP contribution in [0.3, 0.4) is 0 Å². The molecule has 0 fully saturated rings. The van der Waals surface area contributed by atoms with Crippen molar-refractivity contribution < 1.29 is 14.6 Å². The monoisotopic (exact) mass is 234 g/mol. The molecule has 1 N–H and O–H groups in total. The van der Waals surface area contributed by atoms with Gasteiger partial charge >= 0.3 is 5.97 Å². The lowest BCUT2D eigenvalue weighted by molar-refractivity contribution is 0.0696. The van der Waals surface area contributed by atoms with E-state index in [2.05, 4.69) is 19.1 Å². The largest absolute Gasteiger partial charge is 0.496 e. The highest BCUT2D eigenvalue weighted by atomic mass is 16.5. The Kier molecular flexibility index (Phi) is 4.76. The molecule has 0 spiro atoms. The van der Waals surface area contributed by atoms with Crippen molar-refractivity contribution in [2.45, 2.75) is 26.2 Å². The van der Waals surface area contributed by atoms with Crippen molar-refractivity contribution >= 4 is 5.97 Å². The highest BCUT2D eigenvalue weighted by molar-refractivity contribution is 5.88. The Hall–Kier alpha value is -1.77. The maximum atomic E-state index is 10.9. The summed E-state index contributed by atoms with van der Waals surface area (Å²) in [5.41, 5.74) is 1.19. The predicted octanol–water partition coefficient (Wildman–Crippen LogP) is 3.46. The summed E-state index contributed by atoms with van der Waals surface area (Å²) < 4.78 is 5.25. The molecular formula is C14H18O3. The minimum atomic E-state index is -0.916. The van der Waals surface area contributed by atoms with E-state index in [1.807, 2.05) is 6.92 Å². The van der Waals surface area contributed by atoms with E-state index in [0.29, 0.717) is 0 Å². The summed E-state index contributed by atoms with van der Waals surface area (Å²) in [6.07, 6.45) is 5.09. The Morgan fingerprint density at radius 1 is 1.53 bits per heavy atom. The lowest BCUT2D eigenvalue weighted by Crippen LogP contribution is -2.01. The van der Waals surface area contributed by atoms with Crippen LogP contribution in [0.1, 0.15) is 42.1 Å². The number of allylic oxidation sites excluding steroid dienone is 2. The Morgan fingerprint density at radius 2 is 2.24 bits per heavy atom. The number of ether oxygens (including phenoxy) is 1. The first-order valence-corrected chi connectivity index (χ1v) is 5.68. The van der Waals surface area contributed by atoms with Crippen LogP contribution in [0, 0.1) is 0 Å². The Morgan fingerprint density at radius 3 is 2.76 bits per heavy atom. The molecule has 1 atom stereocenters. The fourth-order valence-electron chi connectivity index (χ4n) is 1.67. The van der Waals surface area contributed by atoms with Gasteiger partial charge < -0.3 is 9.84 Å². The second-order valence-corrected chi connectivity index (χ2v) is 3.89. The lowest BCUT2D eigenvalue weighted by Gasteiger charge is -2.13. The molecule has 1 aromatic carbocycles. The number of benzene rings is 1. The second kappa shape index (κ2) is 6.09. The van der Waals surface area contributed by atoms with Crippen LogP contribution in [-0.4, -0.2) is 18.2 Å². The Bertz CT molecular complexity index is 421. The Labute approximate surface area is 102 Å². The van der Waals surface area contributed by atoms with E-state index in [1.54, 1.807) is 25.3 Å². The van der Waals surface area contributed by atoms with Crippen molar-refractivity contribution in [3.05, 3.63) is 41.5 Å².